The van der Waals surface area contributed by atoms with Crippen LogP contribution in [0.4, 0.5) is 4.39 Å². The van der Waals surface area contributed by atoms with Gasteiger partial charge in [0.05, 0.1) is 0 Å². The highest BCUT2D eigenvalue weighted by atomic mass is 19.1. The zero-order valence-corrected chi connectivity index (χ0v) is 12.3. The minimum absolute atomic E-state index is 0.125. The third-order valence-corrected chi connectivity index (χ3v) is 3.69. The molecule has 0 fully saturated rings. The van der Waals surface area contributed by atoms with E-state index in [0.29, 0.717) is 6.42 Å². The Balaban J connectivity index is 2.33. The van der Waals surface area contributed by atoms with Crippen molar-refractivity contribution < 1.29 is 4.39 Å². The summed E-state index contributed by atoms with van der Waals surface area (Å²) < 4.78 is 14.0. The van der Waals surface area contributed by atoms with Crippen molar-refractivity contribution >= 4 is 0 Å². The molecule has 0 aliphatic heterocycles. The van der Waals surface area contributed by atoms with E-state index in [2.05, 4.69) is 23.3 Å². The predicted octanol–water partition coefficient (Wildman–Crippen LogP) is 3.38. The van der Waals surface area contributed by atoms with Gasteiger partial charge < -0.3 is 5.32 Å². The molecule has 2 rings (SSSR count). The Hall–Kier alpha value is -1.74. The van der Waals surface area contributed by atoms with Gasteiger partial charge in [-0.3, -0.25) is 4.98 Å². The number of pyridine rings is 1. The van der Waals surface area contributed by atoms with Crippen LogP contribution in [0, 0.1) is 19.7 Å². The molecule has 106 valence electrons. The first kappa shape index (κ1) is 14.7. The second-order valence-electron chi connectivity index (χ2n) is 5.20. The van der Waals surface area contributed by atoms with Crippen molar-refractivity contribution in [2.24, 2.45) is 0 Å². The van der Waals surface area contributed by atoms with E-state index in [9.17, 15) is 4.39 Å². The summed E-state index contributed by atoms with van der Waals surface area (Å²) >= 11 is 0. The molecule has 2 nitrogen and oxygen atoms in total. The molecule has 0 saturated heterocycles. The number of halogens is 1. The minimum Gasteiger partial charge on any atom is -0.319 e. The molecule has 1 aromatic heterocycles. The number of hydrogen-bond acceptors (Lipinski definition) is 2. The summed E-state index contributed by atoms with van der Waals surface area (Å²) in [4.78, 5) is 4.49. The maximum Gasteiger partial charge on any atom is 0.126 e. The number of rotatable bonds is 5. The van der Waals surface area contributed by atoms with Gasteiger partial charge in [-0.2, -0.15) is 0 Å². The Labute approximate surface area is 120 Å². The number of nitrogens with zero attached hydrogens (tertiary/aromatic N) is 1. The van der Waals surface area contributed by atoms with E-state index in [-0.39, 0.29) is 11.7 Å². The fourth-order valence-electron chi connectivity index (χ4n) is 2.61. The van der Waals surface area contributed by atoms with E-state index < -0.39 is 0 Å². The summed E-state index contributed by atoms with van der Waals surface area (Å²) in [6.07, 6.45) is 2.47. The van der Waals surface area contributed by atoms with Crippen LogP contribution in [-0.4, -0.2) is 18.6 Å². The first-order chi connectivity index (χ1) is 9.63. The lowest BCUT2D eigenvalue weighted by molar-refractivity contribution is 0.564. The van der Waals surface area contributed by atoms with Crippen molar-refractivity contribution in [1.29, 1.82) is 0 Å². The number of hydrogen-bond donors (Lipinski definition) is 1. The average Bonchev–Trinajstić information content (AvgIpc) is 2.43. The van der Waals surface area contributed by atoms with Crippen LogP contribution in [0.2, 0.25) is 0 Å². The Kier molecular flexibility index (Phi) is 4.85. The highest BCUT2D eigenvalue weighted by Crippen LogP contribution is 2.24. The van der Waals surface area contributed by atoms with E-state index in [4.69, 9.17) is 0 Å². The van der Waals surface area contributed by atoms with Crippen LogP contribution < -0.4 is 5.32 Å². The second-order valence-corrected chi connectivity index (χ2v) is 5.20. The molecule has 0 aliphatic rings. The van der Waals surface area contributed by atoms with Crippen LogP contribution in [0.3, 0.4) is 0 Å². The Bertz CT molecular complexity index is 561. The van der Waals surface area contributed by atoms with E-state index in [1.807, 2.05) is 26.1 Å². The van der Waals surface area contributed by atoms with Crippen LogP contribution in [0.15, 0.2) is 36.5 Å². The molecular formula is C17H21FN2. The van der Waals surface area contributed by atoms with Crippen LogP contribution in [0.5, 0.6) is 0 Å². The number of aromatic nitrogens is 1. The summed E-state index contributed by atoms with van der Waals surface area (Å²) in [7, 11) is 1.92. The zero-order chi connectivity index (χ0) is 14.5. The Morgan fingerprint density at radius 2 is 1.90 bits per heavy atom. The normalized spacial score (nSPS) is 12.4. The molecule has 0 spiro atoms. The summed E-state index contributed by atoms with van der Waals surface area (Å²) in [6.45, 7) is 4.80. The van der Waals surface area contributed by atoms with Gasteiger partial charge in [0.15, 0.2) is 0 Å². The van der Waals surface area contributed by atoms with Gasteiger partial charge in [-0.25, -0.2) is 4.39 Å². The minimum atomic E-state index is -0.125. The molecule has 0 saturated carbocycles. The van der Waals surface area contributed by atoms with Gasteiger partial charge in [0.1, 0.15) is 5.82 Å². The molecule has 2 aromatic rings. The van der Waals surface area contributed by atoms with Gasteiger partial charge in [-0.1, -0.05) is 18.2 Å². The molecular weight excluding hydrogens is 251 g/mol. The van der Waals surface area contributed by atoms with Gasteiger partial charge >= 0.3 is 0 Å². The maximum absolute atomic E-state index is 14.0. The molecule has 0 aliphatic carbocycles. The van der Waals surface area contributed by atoms with Crippen LogP contribution in [-0.2, 0) is 6.42 Å². The third kappa shape index (κ3) is 3.23. The van der Waals surface area contributed by atoms with Gasteiger partial charge in [0.25, 0.3) is 0 Å². The van der Waals surface area contributed by atoms with E-state index in [1.165, 1.54) is 6.07 Å². The van der Waals surface area contributed by atoms with Crippen molar-refractivity contribution in [3.63, 3.8) is 0 Å². The summed E-state index contributed by atoms with van der Waals surface area (Å²) in [5.41, 5.74) is 3.99. The summed E-state index contributed by atoms with van der Waals surface area (Å²) in [6, 6.07) is 9.24. The predicted molar refractivity (Wildman–Crippen MR) is 80.5 cm³/mol. The number of benzene rings is 1. The van der Waals surface area contributed by atoms with Crippen molar-refractivity contribution in [2.75, 3.05) is 13.6 Å². The number of aryl methyl sites for hydroxylation is 2. The van der Waals surface area contributed by atoms with Crippen molar-refractivity contribution in [3.8, 4) is 0 Å². The van der Waals surface area contributed by atoms with Crippen LogP contribution >= 0.6 is 0 Å². The van der Waals surface area contributed by atoms with E-state index in [1.54, 1.807) is 12.3 Å². The molecule has 1 atom stereocenters. The van der Waals surface area contributed by atoms with Crippen molar-refractivity contribution in [3.05, 3.63) is 64.7 Å². The van der Waals surface area contributed by atoms with Crippen LogP contribution in [0.25, 0.3) is 0 Å². The smallest absolute Gasteiger partial charge is 0.126 e. The molecule has 0 radical (unpaired) electrons. The fraction of sp³-hybridized carbons (Fsp3) is 0.353. The van der Waals surface area contributed by atoms with Crippen molar-refractivity contribution in [1.82, 2.24) is 10.3 Å². The highest BCUT2D eigenvalue weighted by molar-refractivity contribution is 5.31. The van der Waals surface area contributed by atoms with Gasteiger partial charge in [-0.15, -0.1) is 0 Å². The van der Waals surface area contributed by atoms with Crippen LogP contribution in [0.1, 0.15) is 28.3 Å². The standard InChI is InChI=1S/C17H21FN2/c1-12-6-4-8-16(18)15(12)10-14(11-19-3)17-13(2)7-5-9-20-17/h4-9,14,19H,10-11H2,1-3H3/t14-/m0/s1. The molecule has 1 heterocycles. The lowest BCUT2D eigenvalue weighted by Gasteiger charge is -2.19. The summed E-state index contributed by atoms with van der Waals surface area (Å²) in [5.74, 6) is 0.0523. The largest absolute Gasteiger partial charge is 0.319 e. The molecule has 3 heteroatoms. The first-order valence-electron chi connectivity index (χ1n) is 6.93. The fourth-order valence-corrected chi connectivity index (χ4v) is 2.61. The molecule has 1 aromatic carbocycles. The lowest BCUT2D eigenvalue weighted by atomic mass is 9.91. The SMILES string of the molecule is CNC[C@H](Cc1c(C)cccc1F)c1ncccc1C. The van der Waals surface area contributed by atoms with Gasteiger partial charge in [0.2, 0.25) is 0 Å². The average molecular weight is 272 g/mol. The summed E-state index contributed by atoms with van der Waals surface area (Å²) in [5, 5.41) is 3.19. The lowest BCUT2D eigenvalue weighted by Crippen LogP contribution is -2.21. The van der Waals surface area contributed by atoms with E-state index >= 15 is 0 Å². The monoisotopic (exact) mass is 272 g/mol. The van der Waals surface area contributed by atoms with Crippen molar-refractivity contribution in [2.45, 2.75) is 26.2 Å². The highest BCUT2D eigenvalue weighted by Gasteiger charge is 2.18. The quantitative estimate of drug-likeness (QED) is 0.902. The third-order valence-electron chi connectivity index (χ3n) is 3.69. The molecule has 0 bridgehead atoms. The number of likely N-dealkylation sites (N-methyl/N-ethyl adjacent to an activating group) is 1. The Morgan fingerprint density at radius 3 is 2.55 bits per heavy atom. The molecule has 1 N–H and O–H groups in total. The van der Waals surface area contributed by atoms with Gasteiger partial charge in [0, 0.05) is 24.4 Å². The molecule has 0 amide bonds. The van der Waals surface area contributed by atoms with Gasteiger partial charge in [-0.05, 0) is 56.1 Å². The topological polar surface area (TPSA) is 24.9 Å². The van der Waals surface area contributed by atoms with E-state index in [0.717, 1.165) is 28.9 Å². The second kappa shape index (κ2) is 6.62. The zero-order valence-electron chi connectivity index (χ0n) is 12.3. The Morgan fingerprint density at radius 1 is 1.15 bits per heavy atom. The molecule has 0 unspecified atom stereocenters. The number of nitrogens with one attached hydrogen (secondary N) is 1. The first-order valence-corrected chi connectivity index (χ1v) is 6.93. The molecule has 20 heavy (non-hydrogen) atoms. The maximum atomic E-state index is 14.0.